The van der Waals surface area contributed by atoms with Crippen LogP contribution >= 0.6 is 0 Å². The lowest BCUT2D eigenvalue weighted by Gasteiger charge is -2.20. The minimum absolute atomic E-state index is 0.241. The minimum atomic E-state index is -0.977. The van der Waals surface area contributed by atoms with Crippen molar-refractivity contribution < 1.29 is 19.4 Å². The van der Waals surface area contributed by atoms with Gasteiger partial charge in [-0.1, -0.05) is 42.5 Å². The van der Waals surface area contributed by atoms with Crippen molar-refractivity contribution in [2.45, 2.75) is 18.6 Å². The second kappa shape index (κ2) is 5.69. The molecule has 4 atom stereocenters. The summed E-state index contributed by atoms with van der Waals surface area (Å²) in [6, 6.07) is 9.84. The van der Waals surface area contributed by atoms with E-state index in [0.29, 0.717) is 6.54 Å². The summed E-state index contributed by atoms with van der Waals surface area (Å²) < 4.78 is 5.49. The molecule has 2 bridgehead atoms. The molecule has 0 aromatic heterocycles. The van der Waals surface area contributed by atoms with E-state index < -0.39 is 30.0 Å². The van der Waals surface area contributed by atoms with E-state index >= 15 is 0 Å². The highest BCUT2D eigenvalue weighted by molar-refractivity contribution is 5.87. The number of rotatable bonds is 5. The van der Waals surface area contributed by atoms with Crippen molar-refractivity contribution in [1.29, 1.82) is 0 Å². The number of carbonyl (C=O) groups excluding carboxylic acids is 1. The van der Waals surface area contributed by atoms with Crippen LogP contribution in [0.5, 0.6) is 0 Å². The Labute approximate surface area is 122 Å². The third-order valence-electron chi connectivity index (χ3n) is 4.04. The first-order valence-electron chi connectivity index (χ1n) is 7.05. The molecule has 0 saturated carbocycles. The van der Waals surface area contributed by atoms with Crippen LogP contribution in [-0.4, -0.2) is 35.7 Å². The number of hydrogen-bond acceptors (Lipinski definition) is 3. The monoisotopic (exact) mass is 287 g/mol. The van der Waals surface area contributed by atoms with Crippen molar-refractivity contribution in [2.24, 2.45) is 11.8 Å². The number of amides is 1. The fourth-order valence-corrected chi connectivity index (χ4v) is 3.01. The van der Waals surface area contributed by atoms with Gasteiger partial charge in [-0.3, -0.25) is 9.59 Å². The Bertz CT molecular complexity index is 569. The molecular weight excluding hydrogens is 270 g/mol. The van der Waals surface area contributed by atoms with E-state index in [2.05, 4.69) is 5.32 Å². The molecule has 1 amide bonds. The second-order valence-corrected chi connectivity index (χ2v) is 5.37. The van der Waals surface area contributed by atoms with Crippen molar-refractivity contribution in [3.63, 3.8) is 0 Å². The van der Waals surface area contributed by atoms with Gasteiger partial charge in [0, 0.05) is 6.54 Å². The highest BCUT2D eigenvalue weighted by Crippen LogP contribution is 2.39. The average molecular weight is 287 g/mol. The summed E-state index contributed by atoms with van der Waals surface area (Å²) in [6.45, 7) is 0.493. The molecule has 0 spiro atoms. The highest BCUT2D eigenvalue weighted by atomic mass is 16.5. The van der Waals surface area contributed by atoms with Gasteiger partial charge in [0.2, 0.25) is 5.91 Å². The topological polar surface area (TPSA) is 75.6 Å². The summed E-state index contributed by atoms with van der Waals surface area (Å²) in [7, 11) is 0. The van der Waals surface area contributed by atoms with E-state index in [0.717, 1.165) is 12.0 Å². The summed E-state index contributed by atoms with van der Waals surface area (Å²) in [5.41, 5.74) is 1.14. The largest absolute Gasteiger partial charge is 0.481 e. The van der Waals surface area contributed by atoms with Crippen LogP contribution in [0.4, 0.5) is 0 Å². The zero-order valence-corrected chi connectivity index (χ0v) is 11.4. The molecule has 3 rings (SSSR count). The van der Waals surface area contributed by atoms with E-state index in [-0.39, 0.29) is 5.91 Å². The lowest BCUT2D eigenvalue weighted by Crippen LogP contribution is -2.43. The first kappa shape index (κ1) is 13.8. The SMILES string of the molecule is O=C(NCCc1ccccc1)[C@@H]1[C@H](C(=O)O)[C@H]2C=C[C@H]1O2. The van der Waals surface area contributed by atoms with Crippen LogP contribution in [0.15, 0.2) is 42.5 Å². The molecule has 110 valence electrons. The first-order valence-corrected chi connectivity index (χ1v) is 7.05. The third-order valence-corrected chi connectivity index (χ3v) is 4.04. The van der Waals surface area contributed by atoms with Gasteiger partial charge in [0.1, 0.15) is 5.92 Å². The number of ether oxygens (including phenoxy) is 1. The van der Waals surface area contributed by atoms with E-state index in [4.69, 9.17) is 4.74 Å². The molecule has 5 nitrogen and oxygen atoms in total. The van der Waals surface area contributed by atoms with Crippen LogP contribution in [0.1, 0.15) is 5.56 Å². The second-order valence-electron chi connectivity index (χ2n) is 5.37. The number of fused-ring (bicyclic) bond motifs is 2. The molecule has 2 aliphatic rings. The summed E-state index contributed by atoms with van der Waals surface area (Å²) in [5.74, 6) is -2.63. The zero-order valence-electron chi connectivity index (χ0n) is 11.4. The Balaban J connectivity index is 1.58. The normalized spacial score (nSPS) is 29.5. The predicted molar refractivity (Wildman–Crippen MR) is 75.6 cm³/mol. The molecule has 2 aliphatic heterocycles. The molecule has 1 aromatic carbocycles. The van der Waals surface area contributed by atoms with E-state index in [9.17, 15) is 14.7 Å². The number of carboxylic acids is 1. The highest BCUT2D eigenvalue weighted by Gasteiger charge is 2.53. The fraction of sp³-hybridized carbons (Fsp3) is 0.375. The number of nitrogens with one attached hydrogen (secondary N) is 1. The third kappa shape index (κ3) is 2.69. The maximum atomic E-state index is 12.3. The maximum Gasteiger partial charge on any atom is 0.310 e. The molecule has 0 aliphatic carbocycles. The van der Waals surface area contributed by atoms with Crippen molar-refractivity contribution in [3.8, 4) is 0 Å². The van der Waals surface area contributed by atoms with Crippen LogP contribution in [-0.2, 0) is 20.7 Å². The molecule has 1 saturated heterocycles. The fourth-order valence-electron chi connectivity index (χ4n) is 3.01. The molecule has 5 heteroatoms. The van der Waals surface area contributed by atoms with Gasteiger partial charge < -0.3 is 15.2 Å². The Morgan fingerprint density at radius 3 is 2.43 bits per heavy atom. The van der Waals surface area contributed by atoms with Crippen LogP contribution in [0, 0.1) is 11.8 Å². The van der Waals surface area contributed by atoms with Crippen molar-refractivity contribution in [2.75, 3.05) is 6.54 Å². The summed E-state index contributed by atoms with van der Waals surface area (Å²) in [5, 5.41) is 12.1. The number of hydrogen-bond donors (Lipinski definition) is 2. The molecule has 1 aromatic rings. The van der Waals surface area contributed by atoms with Crippen molar-refractivity contribution in [3.05, 3.63) is 48.0 Å². The van der Waals surface area contributed by atoms with Gasteiger partial charge >= 0.3 is 5.97 Å². The van der Waals surface area contributed by atoms with E-state index in [1.807, 2.05) is 30.3 Å². The molecule has 0 radical (unpaired) electrons. The first-order chi connectivity index (χ1) is 10.2. The van der Waals surface area contributed by atoms with Crippen LogP contribution < -0.4 is 5.32 Å². The van der Waals surface area contributed by atoms with Crippen LogP contribution in [0.25, 0.3) is 0 Å². The number of aliphatic carboxylic acids is 1. The molecular formula is C16H17NO4. The summed E-state index contributed by atoms with van der Waals surface area (Å²) in [6.07, 6.45) is 3.36. The number of benzene rings is 1. The van der Waals surface area contributed by atoms with Gasteiger partial charge in [-0.2, -0.15) is 0 Å². The Hall–Kier alpha value is -2.14. The molecule has 21 heavy (non-hydrogen) atoms. The lowest BCUT2D eigenvalue weighted by molar-refractivity contribution is -0.146. The summed E-state index contributed by atoms with van der Waals surface area (Å²) in [4.78, 5) is 23.6. The predicted octanol–water partition coefficient (Wildman–Crippen LogP) is 0.999. The van der Waals surface area contributed by atoms with E-state index in [1.165, 1.54) is 0 Å². The smallest absolute Gasteiger partial charge is 0.310 e. The van der Waals surface area contributed by atoms with Crippen molar-refractivity contribution in [1.82, 2.24) is 5.32 Å². The Morgan fingerprint density at radius 2 is 1.76 bits per heavy atom. The summed E-state index contributed by atoms with van der Waals surface area (Å²) >= 11 is 0. The average Bonchev–Trinajstić information content (AvgIpc) is 3.08. The van der Waals surface area contributed by atoms with Gasteiger partial charge in [-0.25, -0.2) is 0 Å². The zero-order chi connectivity index (χ0) is 14.8. The molecule has 2 N–H and O–H groups in total. The van der Waals surface area contributed by atoms with Crippen molar-refractivity contribution >= 4 is 11.9 Å². The molecule has 0 unspecified atom stereocenters. The van der Waals surface area contributed by atoms with Crippen LogP contribution in [0.2, 0.25) is 0 Å². The Kier molecular flexibility index (Phi) is 3.75. The number of carbonyl (C=O) groups is 2. The van der Waals surface area contributed by atoms with Gasteiger partial charge in [0.25, 0.3) is 0 Å². The van der Waals surface area contributed by atoms with Gasteiger partial charge in [-0.05, 0) is 12.0 Å². The quantitative estimate of drug-likeness (QED) is 0.792. The van der Waals surface area contributed by atoms with E-state index in [1.54, 1.807) is 12.2 Å². The number of carboxylic acid groups (broad SMARTS) is 1. The van der Waals surface area contributed by atoms with Gasteiger partial charge in [0.15, 0.2) is 0 Å². The lowest BCUT2D eigenvalue weighted by atomic mass is 9.82. The minimum Gasteiger partial charge on any atom is -0.481 e. The maximum absolute atomic E-state index is 12.3. The van der Waals surface area contributed by atoms with Crippen LogP contribution in [0.3, 0.4) is 0 Å². The molecule has 1 fully saturated rings. The van der Waals surface area contributed by atoms with Gasteiger partial charge in [0.05, 0.1) is 18.1 Å². The molecule has 2 heterocycles. The standard InChI is InChI=1S/C16H17NO4/c18-15(17-9-8-10-4-2-1-3-5-10)13-11-6-7-12(21-11)14(13)16(19)20/h1-7,11-14H,8-9H2,(H,17,18)(H,19,20)/t11-,12-,13+,14-/m1/s1. The van der Waals surface area contributed by atoms with Gasteiger partial charge in [-0.15, -0.1) is 0 Å². The Morgan fingerprint density at radius 1 is 1.10 bits per heavy atom.